The predicted molar refractivity (Wildman–Crippen MR) is 59.4 cm³/mol. The lowest BCUT2D eigenvalue weighted by Crippen LogP contribution is -2.13. The molecule has 0 aliphatic rings. The Kier molecular flexibility index (Phi) is 3.38. The molecule has 0 aliphatic heterocycles. The minimum atomic E-state index is -0.195. The largest absolute Gasteiger partial charge is 0.382 e. The highest BCUT2D eigenvalue weighted by molar-refractivity contribution is 5.92. The molecule has 0 aromatic carbocycles. The van der Waals surface area contributed by atoms with E-state index in [2.05, 4.69) is 21.9 Å². The van der Waals surface area contributed by atoms with Crippen LogP contribution in [0.2, 0.25) is 0 Å². The Morgan fingerprint density at radius 1 is 1.60 bits per heavy atom. The number of aromatic nitrogens is 2. The van der Waals surface area contributed by atoms with E-state index >= 15 is 0 Å². The summed E-state index contributed by atoms with van der Waals surface area (Å²) in [6.45, 7) is 6.79. The smallest absolute Gasteiger partial charge is 0.221 e. The van der Waals surface area contributed by atoms with Gasteiger partial charge in [0.2, 0.25) is 5.91 Å². The maximum absolute atomic E-state index is 11.0. The first-order chi connectivity index (χ1) is 7.04. The second-order valence-corrected chi connectivity index (χ2v) is 3.15. The lowest BCUT2D eigenvalue weighted by Gasteiger charge is -2.10. The summed E-state index contributed by atoms with van der Waals surface area (Å²) in [5, 5.41) is 2.62. The summed E-state index contributed by atoms with van der Waals surface area (Å²) in [5.41, 5.74) is 6.87. The average Bonchev–Trinajstić information content (AvgIpc) is 2.11. The number of nitrogen functional groups attached to an aromatic ring is 1. The van der Waals surface area contributed by atoms with Crippen molar-refractivity contribution in [3.05, 3.63) is 24.2 Å². The van der Waals surface area contributed by atoms with Crippen molar-refractivity contribution in [2.45, 2.75) is 20.3 Å². The molecule has 0 fully saturated rings. The van der Waals surface area contributed by atoms with Gasteiger partial charge in [-0.1, -0.05) is 6.08 Å². The van der Waals surface area contributed by atoms with Crippen molar-refractivity contribution >= 4 is 17.4 Å². The number of rotatable bonds is 3. The van der Waals surface area contributed by atoms with Crippen LogP contribution in [0.1, 0.15) is 18.4 Å². The topological polar surface area (TPSA) is 80.9 Å². The predicted octanol–water partition coefficient (Wildman–Crippen LogP) is 1.05. The maximum Gasteiger partial charge on any atom is 0.221 e. The van der Waals surface area contributed by atoms with Crippen LogP contribution >= 0.6 is 0 Å². The lowest BCUT2D eigenvalue weighted by molar-refractivity contribution is -0.114. The molecule has 0 bridgehead atoms. The fraction of sp³-hybridized carbons (Fsp3) is 0.300. The Bertz CT molecular complexity index is 401. The van der Waals surface area contributed by atoms with Crippen molar-refractivity contribution in [1.82, 2.24) is 9.97 Å². The molecule has 0 radical (unpaired) electrons. The number of nitrogens with zero attached hydrogens (tertiary/aromatic N) is 2. The standard InChI is InChI=1S/C10H14N4O/c1-4-5-8-9(14-7(3)15)10(11)13-6(2)12-8/h4H,1,5H2,2-3H3,(H,14,15)(H2,11,12,13). The SMILES string of the molecule is C=CCc1nc(C)nc(N)c1NC(C)=O. The quantitative estimate of drug-likeness (QED) is 0.724. The van der Waals surface area contributed by atoms with Gasteiger partial charge in [0, 0.05) is 13.3 Å². The van der Waals surface area contributed by atoms with E-state index in [1.54, 1.807) is 13.0 Å². The van der Waals surface area contributed by atoms with Crippen LogP contribution in [0, 0.1) is 6.92 Å². The van der Waals surface area contributed by atoms with Crippen molar-refractivity contribution in [2.24, 2.45) is 0 Å². The summed E-state index contributed by atoms with van der Waals surface area (Å²) in [6.07, 6.45) is 2.25. The Morgan fingerprint density at radius 3 is 2.80 bits per heavy atom. The maximum atomic E-state index is 11.0. The summed E-state index contributed by atoms with van der Waals surface area (Å²) in [4.78, 5) is 19.1. The third-order valence-corrected chi connectivity index (χ3v) is 1.76. The second kappa shape index (κ2) is 4.54. The molecule has 15 heavy (non-hydrogen) atoms. The number of allylic oxidation sites excluding steroid dienone is 1. The fourth-order valence-electron chi connectivity index (χ4n) is 1.25. The van der Waals surface area contributed by atoms with Gasteiger partial charge in [-0.25, -0.2) is 9.97 Å². The van der Waals surface area contributed by atoms with Crippen LogP contribution < -0.4 is 11.1 Å². The van der Waals surface area contributed by atoms with Crippen LogP contribution in [-0.2, 0) is 11.2 Å². The first kappa shape index (κ1) is 11.2. The number of amides is 1. The number of carbonyl (C=O) groups excluding carboxylic acids is 1. The third-order valence-electron chi connectivity index (χ3n) is 1.76. The van der Waals surface area contributed by atoms with Gasteiger partial charge in [0.05, 0.1) is 5.69 Å². The fourth-order valence-corrected chi connectivity index (χ4v) is 1.25. The van der Waals surface area contributed by atoms with Crippen LogP contribution in [0.5, 0.6) is 0 Å². The number of carbonyl (C=O) groups is 1. The molecule has 0 spiro atoms. The van der Waals surface area contributed by atoms with E-state index in [0.717, 1.165) is 0 Å². The van der Waals surface area contributed by atoms with E-state index in [0.29, 0.717) is 23.6 Å². The Hall–Kier alpha value is -1.91. The van der Waals surface area contributed by atoms with E-state index in [9.17, 15) is 4.79 Å². The average molecular weight is 206 g/mol. The van der Waals surface area contributed by atoms with Gasteiger partial charge in [-0.15, -0.1) is 6.58 Å². The number of hydrogen-bond acceptors (Lipinski definition) is 4. The molecule has 5 heteroatoms. The molecule has 5 nitrogen and oxygen atoms in total. The minimum absolute atomic E-state index is 0.195. The summed E-state index contributed by atoms with van der Waals surface area (Å²) in [6, 6.07) is 0. The number of anilines is 2. The molecule has 0 aliphatic carbocycles. The van der Waals surface area contributed by atoms with E-state index in [-0.39, 0.29) is 11.7 Å². The van der Waals surface area contributed by atoms with Gasteiger partial charge in [-0.3, -0.25) is 4.79 Å². The molecule has 0 atom stereocenters. The number of aryl methyl sites for hydroxylation is 1. The zero-order valence-corrected chi connectivity index (χ0v) is 8.87. The first-order valence-electron chi connectivity index (χ1n) is 4.56. The van der Waals surface area contributed by atoms with Gasteiger partial charge in [0.25, 0.3) is 0 Å². The van der Waals surface area contributed by atoms with Gasteiger partial charge in [-0.2, -0.15) is 0 Å². The molecule has 1 heterocycles. The Balaban J connectivity index is 3.19. The molecular weight excluding hydrogens is 192 g/mol. The van der Waals surface area contributed by atoms with Crippen LogP contribution in [0.4, 0.5) is 11.5 Å². The molecule has 1 aromatic heterocycles. The van der Waals surface area contributed by atoms with Gasteiger partial charge in [-0.05, 0) is 6.92 Å². The van der Waals surface area contributed by atoms with Gasteiger partial charge >= 0.3 is 0 Å². The summed E-state index contributed by atoms with van der Waals surface area (Å²) in [7, 11) is 0. The van der Waals surface area contributed by atoms with Gasteiger partial charge < -0.3 is 11.1 Å². The molecule has 0 saturated heterocycles. The number of hydrogen-bond donors (Lipinski definition) is 2. The van der Waals surface area contributed by atoms with Crippen molar-refractivity contribution in [3.63, 3.8) is 0 Å². The number of nitrogens with one attached hydrogen (secondary N) is 1. The summed E-state index contributed by atoms with van der Waals surface area (Å²) in [5.74, 6) is 0.674. The van der Waals surface area contributed by atoms with E-state index < -0.39 is 0 Å². The van der Waals surface area contributed by atoms with Crippen LogP contribution in [0.15, 0.2) is 12.7 Å². The van der Waals surface area contributed by atoms with Crippen LogP contribution in [0.25, 0.3) is 0 Å². The highest BCUT2D eigenvalue weighted by Crippen LogP contribution is 2.20. The molecule has 1 amide bonds. The molecule has 1 aromatic rings. The van der Waals surface area contributed by atoms with Crippen LogP contribution in [0.3, 0.4) is 0 Å². The van der Waals surface area contributed by atoms with E-state index in [4.69, 9.17) is 5.73 Å². The normalized spacial score (nSPS) is 9.73. The Labute approximate surface area is 88.4 Å². The second-order valence-electron chi connectivity index (χ2n) is 3.15. The monoisotopic (exact) mass is 206 g/mol. The van der Waals surface area contributed by atoms with Gasteiger partial charge in [0.15, 0.2) is 5.82 Å². The van der Waals surface area contributed by atoms with Crippen molar-refractivity contribution in [2.75, 3.05) is 11.1 Å². The summed E-state index contributed by atoms with van der Waals surface area (Å²) >= 11 is 0. The van der Waals surface area contributed by atoms with Gasteiger partial charge in [0.1, 0.15) is 11.5 Å². The molecule has 0 unspecified atom stereocenters. The highest BCUT2D eigenvalue weighted by Gasteiger charge is 2.10. The minimum Gasteiger partial charge on any atom is -0.382 e. The molecular formula is C10H14N4O. The third kappa shape index (κ3) is 2.77. The molecule has 0 saturated carbocycles. The molecule has 1 rings (SSSR count). The van der Waals surface area contributed by atoms with E-state index in [1.165, 1.54) is 6.92 Å². The van der Waals surface area contributed by atoms with E-state index in [1.807, 2.05) is 0 Å². The lowest BCUT2D eigenvalue weighted by atomic mass is 10.2. The molecule has 3 N–H and O–H groups in total. The highest BCUT2D eigenvalue weighted by atomic mass is 16.1. The van der Waals surface area contributed by atoms with Crippen LogP contribution in [-0.4, -0.2) is 15.9 Å². The molecule has 80 valence electrons. The van der Waals surface area contributed by atoms with Crippen molar-refractivity contribution < 1.29 is 4.79 Å². The summed E-state index contributed by atoms with van der Waals surface area (Å²) < 4.78 is 0. The first-order valence-corrected chi connectivity index (χ1v) is 4.56. The Morgan fingerprint density at radius 2 is 2.27 bits per heavy atom. The van der Waals surface area contributed by atoms with Crippen molar-refractivity contribution in [1.29, 1.82) is 0 Å². The zero-order valence-electron chi connectivity index (χ0n) is 8.87. The zero-order chi connectivity index (χ0) is 11.4. The number of nitrogens with two attached hydrogens (primary N) is 1. The van der Waals surface area contributed by atoms with Crippen molar-refractivity contribution in [3.8, 4) is 0 Å².